The number of halogens is 2. The Hall–Kier alpha value is -3.74. The molecule has 3 N–H and O–H groups in total. The van der Waals surface area contributed by atoms with Crippen LogP contribution in [0.3, 0.4) is 0 Å². The number of hydrogen-bond donors (Lipinski definition) is 2. The summed E-state index contributed by atoms with van der Waals surface area (Å²) in [6.45, 7) is 0.279. The minimum Gasteiger partial charge on any atom is -0.478 e. The van der Waals surface area contributed by atoms with E-state index in [2.05, 4.69) is 5.10 Å². The number of para-hydroxylation sites is 1. The number of aromatic nitrogens is 2. The van der Waals surface area contributed by atoms with Gasteiger partial charge in [0.05, 0.1) is 23.0 Å². The summed E-state index contributed by atoms with van der Waals surface area (Å²) in [5, 5.41) is 13.6. The van der Waals surface area contributed by atoms with Crippen molar-refractivity contribution in [2.75, 3.05) is 5.73 Å². The van der Waals surface area contributed by atoms with Gasteiger partial charge in [-0.25, -0.2) is 13.6 Å². The molecule has 0 atom stereocenters. The minimum absolute atomic E-state index is 0.0277. The third-order valence-corrected chi connectivity index (χ3v) is 4.57. The van der Waals surface area contributed by atoms with Gasteiger partial charge in [-0.3, -0.25) is 4.68 Å². The molecule has 7 heteroatoms. The molecule has 0 aliphatic carbocycles. The number of fused-ring (bicyclic) bond motifs is 1. The molecule has 0 saturated carbocycles. The van der Waals surface area contributed by atoms with Gasteiger partial charge in [0.2, 0.25) is 0 Å². The number of carbonyl (C=O) groups is 1. The quantitative estimate of drug-likeness (QED) is 0.518. The molecule has 1 heterocycles. The van der Waals surface area contributed by atoms with Crippen LogP contribution in [0.15, 0.2) is 60.7 Å². The molecule has 0 aliphatic rings. The predicted octanol–water partition coefficient (Wildman–Crippen LogP) is 4.31. The Labute approximate surface area is 158 Å². The van der Waals surface area contributed by atoms with Crippen molar-refractivity contribution >= 4 is 22.6 Å². The first-order valence-electron chi connectivity index (χ1n) is 8.47. The Kier molecular flexibility index (Phi) is 4.27. The van der Waals surface area contributed by atoms with Crippen molar-refractivity contribution in [2.24, 2.45) is 0 Å². The topological polar surface area (TPSA) is 81.1 Å². The standard InChI is InChI=1S/C21H15F2N3O2/c22-15-5-3-7-18-19(15)20(14-9-8-12(21(27)28)10-16(14)23)25-26(18)11-13-4-1-2-6-17(13)24/h1-10H,11,24H2,(H,27,28). The molecule has 0 saturated heterocycles. The molecule has 0 amide bonds. The second-order valence-electron chi connectivity index (χ2n) is 6.34. The summed E-state index contributed by atoms with van der Waals surface area (Å²) in [4.78, 5) is 11.0. The third kappa shape index (κ3) is 2.96. The molecule has 4 rings (SSSR count). The highest BCUT2D eigenvalue weighted by Gasteiger charge is 2.20. The van der Waals surface area contributed by atoms with Crippen molar-refractivity contribution < 1.29 is 18.7 Å². The van der Waals surface area contributed by atoms with E-state index in [1.807, 2.05) is 18.2 Å². The molecule has 140 valence electrons. The number of nitrogens with zero attached hydrogens (tertiary/aromatic N) is 2. The third-order valence-electron chi connectivity index (χ3n) is 4.57. The number of carboxylic acid groups (broad SMARTS) is 1. The zero-order chi connectivity index (χ0) is 19.8. The van der Waals surface area contributed by atoms with E-state index >= 15 is 0 Å². The smallest absolute Gasteiger partial charge is 0.335 e. The first kappa shape index (κ1) is 17.7. The lowest BCUT2D eigenvalue weighted by molar-refractivity contribution is 0.0696. The lowest BCUT2D eigenvalue weighted by Gasteiger charge is -2.06. The molecule has 0 bridgehead atoms. The van der Waals surface area contributed by atoms with Gasteiger partial charge >= 0.3 is 5.97 Å². The molecular weight excluding hydrogens is 364 g/mol. The van der Waals surface area contributed by atoms with Gasteiger partial charge < -0.3 is 10.8 Å². The average molecular weight is 379 g/mol. The predicted molar refractivity (Wildman–Crippen MR) is 102 cm³/mol. The highest BCUT2D eigenvalue weighted by Crippen LogP contribution is 2.32. The lowest BCUT2D eigenvalue weighted by atomic mass is 10.0. The van der Waals surface area contributed by atoms with Crippen LogP contribution in [0.1, 0.15) is 15.9 Å². The number of hydrogen-bond acceptors (Lipinski definition) is 3. The molecular formula is C21H15F2N3O2. The van der Waals surface area contributed by atoms with E-state index in [0.29, 0.717) is 11.2 Å². The Morgan fingerprint density at radius 3 is 2.54 bits per heavy atom. The maximum Gasteiger partial charge on any atom is 0.335 e. The van der Waals surface area contributed by atoms with E-state index in [0.717, 1.165) is 11.6 Å². The molecule has 0 spiro atoms. The molecule has 3 aromatic carbocycles. The van der Waals surface area contributed by atoms with Crippen LogP contribution in [-0.2, 0) is 6.54 Å². The van der Waals surface area contributed by atoms with Gasteiger partial charge in [-0.2, -0.15) is 5.10 Å². The maximum absolute atomic E-state index is 14.6. The van der Waals surface area contributed by atoms with Crippen molar-refractivity contribution in [1.82, 2.24) is 9.78 Å². The van der Waals surface area contributed by atoms with Crippen molar-refractivity contribution in [3.63, 3.8) is 0 Å². The summed E-state index contributed by atoms with van der Waals surface area (Å²) in [7, 11) is 0. The lowest BCUT2D eigenvalue weighted by Crippen LogP contribution is -2.04. The monoisotopic (exact) mass is 379 g/mol. The summed E-state index contributed by atoms with van der Waals surface area (Å²) in [5.74, 6) is -2.57. The number of benzene rings is 3. The molecule has 0 unspecified atom stereocenters. The molecule has 1 aromatic heterocycles. The van der Waals surface area contributed by atoms with E-state index in [1.165, 1.54) is 18.2 Å². The second kappa shape index (κ2) is 6.77. The van der Waals surface area contributed by atoms with Gasteiger partial charge in [0.15, 0.2) is 0 Å². The Balaban J connectivity index is 1.91. The first-order chi connectivity index (χ1) is 13.5. The number of nitrogen functional groups attached to an aromatic ring is 1. The summed E-state index contributed by atoms with van der Waals surface area (Å²) < 4.78 is 30.8. The molecule has 0 fully saturated rings. The molecule has 0 radical (unpaired) electrons. The molecule has 0 aliphatic heterocycles. The highest BCUT2D eigenvalue weighted by molar-refractivity contribution is 5.95. The second-order valence-corrected chi connectivity index (χ2v) is 6.34. The minimum atomic E-state index is -1.24. The van der Waals surface area contributed by atoms with E-state index in [-0.39, 0.29) is 28.8 Å². The average Bonchev–Trinajstić information content (AvgIpc) is 3.03. The summed E-state index contributed by atoms with van der Waals surface area (Å²) in [6, 6.07) is 15.2. The molecule has 5 nitrogen and oxygen atoms in total. The van der Waals surface area contributed by atoms with Crippen molar-refractivity contribution in [3.05, 3.63) is 83.4 Å². The fourth-order valence-corrected chi connectivity index (χ4v) is 3.18. The van der Waals surface area contributed by atoms with Crippen LogP contribution in [0.4, 0.5) is 14.5 Å². The van der Waals surface area contributed by atoms with E-state index in [4.69, 9.17) is 10.8 Å². The maximum atomic E-state index is 14.6. The van der Waals surface area contributed by atoms with Crippen molar-refractivity contribution in [2.45, 2.75) is 6.54 Å². The number of rotatable bonds is 4. The fraction of sp³-hybridized carbons (Fsp3) is 0.0476. The van der Waals surface area contributed by atoms with E-state index in [9.17, 15) is 13.6 Å². The molecule has 4 aromatic rings. The van der Waals surface area contributed by atoms with Gasteiger partial charge in [-0.05, 0) is 42.0 Å². The zero-order valence-corrected chi connectivity index (χ0v) is 14.6. The number of aromatic carboxylic acids is 1. The SMILES string of the molecule is Nc1ccccc1Cn1nc(-c2ccc(C(=O)O)cc2F)c2c(F)cccc21. The highest BCUT2D eigenvalue weighted by atomic mass is 19.1. The largest absolute Gasteiger partial charge is 0.478 e. The van der Waals surface area contributed by atoms with Crippen LogP contribution in [0.5, 0.6) is 0 Å². The van der Waals surface area contributed by atoms with E-state index in [1.54, 1.807) is 22.9 Å². The van der Waals surface area contributed by atoms with Gasteiger partial charge in [-0.1, -0.05) is 24.3 Å². The summed E-state index contributed by atoms with van der Waals surface area (Å²) in [5.41, 5.74) is 7.79. The number of carboxylic acids is 1. The van der Waals surface area contributed by atoms with Crippen LogP contribution < -0.4 is 5.73 Å². The van der Waals surface area contributed by atoms with Crippen molar-refractivity contribution in [3.8, 4) is 11.3 Å². The number of nitrogens with two attached hydrogens (primary N) is 1. The van der Waals surface area contributed by atoms with Crippen molar-refractivity contribution in [1.29, 1.82) is 0 Å². The first-order valence-corrected chi connectivity index (χ1v) is 8.47. The van der Waals surface area contributed by atoms with Crippen LogP contribution >= 0.6 is 0 Å². The summed E-state index contributed by atoms with van der Waals surface area (Å²) in [6.07, 6.45) is 0. The van der Waals surface area contributed by atoms with Crippen LogP contribution in [0.25, 0.3) is 22.2 Å². The summed E-state index contributed by atoms with van der Waals surface area (Å²) >= 11 is 0. The van der Waals surface area contributed by atoms with E-state index < -0.39 is 17.6 Å². The molecule has 28 heavy (non-hydrogen) atoms. The fourth-order valence-electron chi connectivity index (χ4n) is 3.18. The van der Waals surface area contributed by atoms with Gasteiger partial charge in [0, 0.05) is 11.3 Å². The van der Waals surface area contributed by atoms with Crippen LogP contribution in [0.2, 0.25) is 0 Å². The van der Waals surface area contributed by atoms with Gasteiger partial charge in [0.1, 0.15) is 17.3 Å². The van der Waals surface area contributed by atoms with Gasteiger partial charge in [0.25, 0.3) is 0 Å². The number of anilines is 1. The van der Waals surface area contributed by atoms with Gasteiger partial charge in [-0.15, -0.1) is 0 Å². The van der Waals surface area contributed by atoms with Crippen LogP contribution in [0, 0.1) is 11.6 Å². The zero-order valence-electron chi connectivity index (χ0n) is 14.6. The van der Waals surface area contributed by atoms with Crippen LogP contribution in [-0.4, -0.2) is 20.9 Å². The normalized spacial score (nSPS) is 11.1. The Morgan fingerprint density at radius 2 is 1.82 bits per heavy atom. The Morgan fingerprint density at radius 1 is 1.04 bits per heavy atom. The Bertz CT molecular complexity index is 1220.